The van der Waals surface area contributed by atoms with Gasteiger partial charge in [0, 0.05) is 11.8 Å². The maximum Gasteiger partial charge on any atom is 0.336 e. The van der Waals surface area contributed by atoms with Crippen LogP contribution >= 0.6 is 0 Å². The van der Waals surface area contributed by atoms with E-state index in [1.54, 1.807) is 61.7 Å². The number of anilines is 1. The maximum atomic E-state index is 12.4. The average molecular weight is 403 g/mol. The largest absolute Gasteiger partial charge is 0.497 e. The third kappa shape index (κ3) is 5.48. The molecule has 0 aliphatic rings. The van der Waals surface area contributed by atoms with E-state index >= 15 is 0 Å². The van der Waals surface area contributed by atoms with Crippen molar-refractivity contribution < 1.29 is 23.8 Å². The van der Waals surface area contributed by atoms with Crippen molar-refractivity contribution in [3.05, 3.63) is 90.0 Å². The molecule has 6 heteroatoms. The summed E-state index contributed by atoms with van der Waals surface area (Å²) in [5.74, 6) is 0.808. The predicted molar refractivity (Wildman–Crippen MR) is 115 cm³/mol. The molecule has 3 aromatic rings. The molecule has 0 aromatic heterocycles. The molecule has 1 amide bonds. The van der Waals surface area contributed by atoms with Crippen LogP contribution in [-0.2, 0) is 4.79 Å². The molecule has 0 unspecified atom stereocenters. The van der Waals surface area contributed by atoms with Gasteiger partial charge in [0.2, 0.25) is 0 Å². The Labute approximate surface area is 174 Å². The molecule has 0 bridgehead atoms. The number of carbonyl (C=O) groups excluding carboxylic acids is 2. The molecule has 6 nitrogen and oxygen atoms in total. The number of hydrogen-bond acceptors (Lipinski definition) is 5. The zero-order chi connectivity index (χ0) is 21.3. The molecular formula is C24H21NO5. The van der Waals surface area contributed by atoms with Crippen LogP contribution in [0.25, 0.3) is 6.08 Å². The number of hydrogen-bond donors (Lipinski definition) is 1. The van der Waals surface area contributed by atoms with Gasteiger partial charge in [0.25, 0.3) is 5.91 Å². The Morgan fingerprint density at radius 1 is 0.800 bits per heavy atom. The summed E-state index contributed by atoms with van der Waals surface area (Å²) in [6.07, 6.45) is 3.00. The van der Waals surface area contributed by atoms with Gasteiger partial charge in [-0.1, -0.05) is 24.3 Å². The number of methoxy groups -OCH3 is 2. The fourth-order valence-corrected chi connectivity index (χ4v) is 2.67. The highest BCUT2D eigenvalue weighted by molar-refractivity contribution is 6.06. The van der Waals surface area contributed by atoms with Gasteiger partial charge in [-0.3, -0.25) is 4.79 Å². The summed E-state index contributed by atoms with van der Waals surface area (Å²) in [6.45, 7) is 0. The Morgan fingerprint density at radius 3 is 2.13 bits per heavy atom. The van der Waals surface area contributed by atoms with E-state index in [1.165, 1.54) is 13.2 Å². The van der Waals surface area contributed by atoms with Crippen LogP contribution in [-0.4, -0.2) is 26.1 Å². The molecule has 0 fully saturated rings. The highest BCUT2D eigenvalue weighted by Gasteiger charge is 2.11. The molecule has 3 aromatic carbocycles. The summed E-state index contributed by atoms with van der Waals surface area (Å²) in [5, 5.41) is 2.79. The van der Waals surface area contributed by atoms with Crippen LogP contribution in [0.5, 0.6) is 17.2 Å². The summed E-state index contributed by atoms with van der Waals surface area (Å²) in [7, 11) is 3.11. The van der Waals surface area contributed by atoms with Crippen LogP contribution in [0.2, 0.25) is 0 Å². The molecule has 3 rings (SSSR count). The van der Waals surface area contributed by atoms with Gasteiger partial charge in [-0.05, 0) is 60.2 Å². The van der Waals surface area contributed by atoms with E-state index in [9.17, 15) is 9.59 Å². The molecule has 0 spiro atoms. The molecule has 1 N–H and O–H groups in total. The Bertz CT molecular complexity index is 1040. The van der Waals surface area contributed by atoms with Crippen molar-refractivity contribution in [3.8, 4) is 17.2 Å². The molecule has 30 heavy (non-hydrogen) atoms. The third-order valence-corrected chi connectivity index (χ3v) is 4.21. The number of para-hydroxylation sites is 1. The Balaban J connectivity index is 1.57. The second-order valence-corrected chi connectivity index (χ2v) is 6.21. The van der Waals surface area contributed by atoms with Crippen molar-refractivity contribution >= 4 is 23.6 Å². The Morgan fingerprint density at radius 2 is 1.47 bits per heavy atom. The minimum absolute atomic E-state index is 0.292. The second-order valence-electron chi connectivity index (χ2n) is 6.21. The number of ether oxygens (including phenoxy) is 3. The van der Waals surface area contributed by atoms with Gasteiger partial charge in [-0.2, -0.15) is 0 Å². The van der Waals surface area contributed by atoms with Gasteiger partial charge in [-0.15, -0.1) is 0 Å². The van der Waals surface area contributed by atoms with Crippen molar-refractivity contribution in [2.75, 3.05) is 19.5 Å². The lowest BCUT2D eigenvalue weighted by molar-refractivity contribution is -0.128. The fraction of sp³-hybridized carbons (Fsp3) is 0.0833. The first kappa shape index (κ1) is 20.7. The minimum atomic E-state index is -0.503. The van der Waals surface area contributed by atoms with E-state index in [1.807, 2.05) is 24.3 Å². The van der Waals surface area contributed by atoms with Gasteiger partial charge in [0.1, 0.15) is 17.2 Å². The summed E-state index contributed by atoms with van der Waals surface area (Å²) in [6, 6.07) is 20.8. The van der Waals surface area contributed by atoms with Crippen molar-refractivity contribution in [3.63, 3.8) is 0 Å². The second kappa shape index (κ2) is 9.93. The highest BCUT2D eigenvalue weighted by atomic mass is 16.5. The van der Waals surface area contributed by atoms with Gasteiger partial charge in [-0.25, -0.2) is 4.79 Å². The van der Waals surface area contributed by atoms with Crippen LogP contribution < -0.4 is 19.5 Å². The summed E-state index contributed by atoms with van der Waals surface area (Å²) < 4.78 is 15.6. The van der Waals surface area contributed by atoms with Crippen LogP contribution in [0, 0.1) is 0 Å². The molecular weight excluding hydrogens is 382 g/mol. The van der Waals surface area contributed by atoms with E-state index in [-0.39, 0.29) is 5.91 Å². The number of carbonyl (C=O) groups is 2. The third-order valence-electron chi connectivity index (χ3n) is 4.21. The van der Waals surface area contributed by atoms with E-state index in [0.717, 1.165) is 11.3 Å². The first-order valence-corrected chi connectivity index (χ1v) is 9.17. The predicted octanol–water partition coefficient (Wildman–Crippen LogP) is 4.57. The molecule has 0 aliphatic heterocycles. The lowest BCUT2D eigenvalue weighted by Crippen LogP contribution is -2.13. The van der Waals surface area contributed by atoms with Crippen molar-refractivity contribution in [1.82, 2.24) is 0 Å². The standard InChI is InChI=1S/C24H21NO5/c1-28-19-12-7-17(8-13-19)9-16-23(26)30-20-14-10-18(11-15-20)25-24(27)21-5-3-4-6-22(21)29-2/h3-16H,1-2H3,(H,25,27). The zero-order valence-corrected chi connectivity index (χ0v) is 16.6. The highest BCUT2D eigenvalue weighted by Crippen LogP contribution is 2.21. The lowest BCUT2D eigenvalue weighted by Gasteiger charge is -2.09. The van der Waals surface area contributed by atoms with Gasteiger partial charge in [0.05, 0.1) is 19.8 Å². The molecule has 0 atom stereocenters. The minimum Gasteiger partial charge on any atom is -0.497 e. The average Bonchev–Trinajstić information content (AvgIpc) is 2.79. The fourth-order valence-electron chi connectivity index (χ4n) is 2.67. The first-order chi connectivity index (χ1) is 14.6. The summed E-state index contributed by atoms with van der Waals surface area (Å²) >= 11 is 0. The van der Waals surface area contributed by atoms with E-state index in [0.29, 0.717) is 22.7 Å². The SMILES string of the molecule is COc1ccc(C=CC(=O)Oc2ccc(NC(=O)c3ccccc3OC)cc2)cc1. The number of nitrogens with one attached hydrogen (secondary N) is 1. The van der Waals surface area contributed by atoms with E-state index in [4.69, 9.17) is 14.2 Å². The number of rotatable bonds is 7. The molecule has 0 aliphatic carbocycles. The van der Waals surface area contributed by atoms with Crippen LogP contribution in [0.3, 0.4) is 0 Å². The van der Waals surface area contributed by atoms with Crippen LogP contribution in [0.4, 0.5) is 5.69 Å². The maximum absolute atomic E-state index is 12.4. The topological polar surface area (TPSA) is 73.9 Å². The molecule has 0 saturated carbocycles. The number of esters is 1. The van der Waals surface area contributed by atoms with Crippen molar-refractivity contribution in [1.29, 1.82) is 0 Å². The molecule has 152 valence electrons. The molecule has 0 radical (unpaired) electrons. The zero-order valence-electron chi connectivity index (χ0n) is 16.6. The monoisotopic (exact) mass is 403 g/mol. The quantitative estimate of drug-likeness (QED) is 0.355. The smallest absolute Gasteiger partial charge is 0.336 e. The first-order valence-electron chi connectivity index (χ1n) is 9.17. The van der Waals surface area contributed by atoms with Gasteiger partial charge in [0.15, 0.2) is 0 Å². The van der Waals surface area contributed by atoms with Gasteiger partial charge < -0.3 is 19.5 Å². The van der Waals surface area contributed by atoms with Gasteiger partial charge >= 0.3 is 5.97 Å². The molecule has 0 saturated heterocycles. The molecule has 0 heterocycles. The van der Waals surface area contributed by atoms with Crippen LogP contribution in [0.15, 0.2) is 78.9 Å². The summed E-state index contributed by atoms with van der Waals surface area (Å²) in [5.41, 5.74) is 1.85. The van der Waals surface area contributed by atoms with Crippen molar-refractivity contribution in [2.45, 2.75) is 0 Å². The number of benzene rings is 3. The van der Waals surface area contributed by atoms with E-state index in [2.05, 4.69) is 5.32 Å². The Kier molecular flexibility index (Phi) is 6.84. The normalized spacial score (nSPS) is 10.5. The number of amides is 1. The summed E-state index contributed by atoms with van der Waals surface area (Å²) in [4.78, 5) is 24.4. The van der Waals surface area contributed by atoms with Crippen LogP contribution in [0.1, 0.15) is 15.9 Å². The Hall–Kier alpha value is -4.06. The lowest BCUT2D eigenvalue weighted by atomic mass is 10.2. The van der Waals surface area contributed by atoms with Crippen molar-refractivity contribution in [2.24, 2.45) is 0 Å². The van der Waals surface area contributed by atoms with E-state index < -0.39 is 5.97 Å².